The summed E-state index contributed by atoms with van der Waals surface area (Å²) in [6, 6.07) is 3.64. The second kappa shape index (κ2) is 5.78. The molecule has 2 nitrogen and oxygen atoms in total. The Kier molecular flexibility index (Phi) is 4.03. The minimum Gasteiger partial charge on any atom is -0.271 e. The van der Waals surface area contributed by atoms with E-state index in [0.717, 1.165) is 24.3 Å². The molecule has 0 radical (unpaired) electrons. The van der Waals surface area contributed by atoms with Gasteiger partial charge in [-0.3, -0.25) is 11.3 Å². The zero-order valence-electron chi connectivity index (χ0n) is 11.6. The van der Waals surface area contributed by atoms with Crippen LogP contribution in [0.1, 0.15) is 37.7 Å². The third kappa shape index (κ3) is 2.86. The molecule has 20 heavy (non-hydrogen) atoms. The number of nitrogens with one attached hydrogen (secondary N) is 1. The number of fused-ring (bicyclic) bond motifs is 2. The van der Waals surface area contributed by atoms with Gasteiger partial charge in [-0.25, -0.2) is 8.78 Å². The van der Waals surface area contributed by atoms with E-state index in [-0.39, 0.29) is 11.9 Å². The van der Waals surface area contributed by atoms with Crippen LogP contribution >= 0.6 is 0 Å². The SMILES string of the molecule is NNC(Cc1cc(F)ccc1F)CC1CC2CCC1C2. The second-order valence-electron chi connectivity index (χ2n) is 6.47. The molecule has 2 bridgehead atoms. The molecule has 2 fully saturated rings. The summed E-state index contributed by atoms with van der Waals surface area (Å²) in [5.74, 6) is 7.30. The van der Waals surface area contributed by atoms with Crippen molar-refractivity contribution in [3.63, 3.8) is 0 Å². The van der Waals surface area contributed by atoms with Crippen LogP contribution in [0, 0.1) is 29.4 Å². The molecule has 0 heterocycles. The van der Waals surface area contributed by atoms with Crippen LogP contribution in [0.4, 0.5) is 8.78 Å². The average molecular weight is 280 g/mol. The molecule has 3 rings (SSSR count). The van der Waals surface area contributed by atoms with Gasteiger partial charge in [-0.2, -0.15) is 0 Å². The van der Waals surface area contributed by atoms with E-state index >= 15 is 0 Å². The van der Waals surface area contributed by atoms with E-state index in [4.69, 9.17) is 5.84 Å². The van der Waals surface area contributed by atoms with Crippen LogP contribution in [-0.2, 0) is 6.42 Å². The monoisotopic (exact) mass is 280 g/mol. The lowest BCUT2D eigenvalue weighted by Gasteiger charge is -2.26. The van der Waals surface area contributed by atoms with Crippen LogP contribution in [0.2, 0.25) is 0 Å². The molecule has 4 atom stereocenters. The van der Waals surface area contributed by atoms with Gasteiger partial charge in [-0.15, -0.1) is 0 Å². The topological polar surface area (TPSA) is 38.0 Å². The summed E-state index contributed by atoms with van der Waals surface area (Å²) in [6.07, 6.45) is 6.77. The Morgan fingerprint density at radius 2 is 2.10 bits per heavy atom. The largest absolute Gasteiger partial charge is 0.271 e. The summed E-state index contributed by atoms with van der Waals surface area (Å²) in [5, 5.41) is 0. The van der Waals surface area contributed by atoms with Gasteiger partial charge in [0.1, 0.15) is 11.6 Å². The third-order valence-electron chi connectivity index (χ3n) is 5.18. The summed E-state index contributed by atoms with van der Waals surface area (Å²) < 4.78 is 26.9. The highest BCUT2D eigenvalue weighted by molar-refractivity contribution is 5.19. The van der Waals surface area contributed by atoms with Crippen molar-refractivity contribution in [2.24, 2.45) is 23.6 Å². The normalized spacial score (nSPS) is 29.9. The molecule has 1 aromatic rings. The number of halogens is 2. The van der Waals surface area contributed by atoms with Gasteiger partial charge in [-0.05, 0) is 73.6 Å². The predicted octanol–water partition coefficient (Wildman–Crippen LogP) is 3.17. The quantitative estimate of drug-likeness (QED) is 0.642. The number of hydrogen-bond acceptors (Lipinski definition) is 2. The van der Waals surface area contributed by atoms with E-state index in [1.165, 1.54) is 37.8 Å². The molecule has 0 aromatic heterocycles. The van der Waals surface area contributed by atoms with Crippen molar-refractivity contribution in [3.8, 4) is 0 Å². The first-order chi connectivity index (χ1) is 9.65. The molecule has 2 aliphatic carbocycles. The fourth-order valence-electron chi connectivity index (χ4n) is 4.21. The lowest BCUT2D eigenvalue weighted by atomic mass is 9.83. The molecule has 2 saturated carbocycles. The van der Waals surface area contributed by atoms with Gasteiger partial charge in [0.15, 0.2) is 0 Å². The smallest absolute Gasteiger partial charge is 0.126 e. The molecule has 0 saturated heterocycles. The molecular weight excluding hydrogens is 258 g/mol. The molecule has 4 heteroatoms. The van der Waals surface area contributed by atoms with Crippen molar-refractivity contribution in [2.45, 2.75) is 44.6 Å². The minimum absolute atomic E-state index is 0.0237. The molecule has 0 amide bonds. The van der Waals surface area contributed by atoms with Crippen LogP contribution in [0.15, 0.2) is 18.2 Å². The average Bonchev–Trinajstić information content (AvgIpc) is 3.04. The van der Waals surface area contributed by atoms with Crippen LogP contribution < -0.4 is 11.3 Å². The van der Waals surface area contributed by atoms with Crippen molar-refractivity contribution >= 4 is 0 Å². The molecule has 1 aromatic carbocycles. The van der Waals surface area contributed by atoms with E-state index in [9.17, 15) is 8.78 Å². The number of hydrogen-bond donors (Lipinski definition) is 2. The summed E-state index contributed by atoms with van der Waals surface area (Å²) in [7, 11) is 0. The van der Waals surface area contributed by atoms with Crippen molar-refractivity contribution < 1.29 is 8.78 Å². The Bertz CT molecular complexity index is 478. The Balaban J connectivity index is 1.63. The zero-order valence-corrected chi connectivity index (χ0v) is 11.6. The summed E-state index contributed by atoms with van der Waals surface area (Å²) in [6.45, 7) is 0. The van der Waals surface area contributed by atoms with Gasteiger partial charge in [0.05, 0.1) is 0 Å². The molecular formula is C16H22F2N2. The maximum absolute atomic E-state index is 13.7. The second-order valence-corrected chi connectivity index (χ2v) is 6.47. The predicted molar refractivity (Wildman–Crippen MR) is 74.7 cm³/mol. The highest BCUT2D eigenvalue weighted by atomic mass is 19.1. The Morgan fingerprint density at radius 3 is 2.75 bits per heavy atom. The summed E-state index contributed by atoms with van der Waals surface area (Å²) in [4.78, 5) is 0. The lowest BCUT2D eigenvalue weighted by Crippen LogP contribution is -2.39. The molecule has 0 spiro atoms. The first kappa shape index (κ1) is 14.0. The maximum atomic E-state index is 13.7. The Morgan fingerprint density at radius 1 is 1.25 bits per heavy atom. The Hall–Kier alpha value is -1.00. The highest BCUT2D eigenvalue weighted by Crippen LogP contribution is 2.49. The van der Waals surface area contributed by atoms with Crippen LogP contribution in [0.25, 0.3) is 0 Å². The zero-order chi connectivity index (χ0) is 14.1. The molecule has 2 aliphatic rings. The van der Waals surface area contributed by atoms with Crippen LogP contribution in [0.5, 0.6) is 0 Å². The minimum atomic E-state index is -0.392. The standard InChI is InChI=1S/C16H22F2N2/c17-14-3-4-16(18)13(7-14)9-15(20-19)8-12-6-10-1-2-11(12)5-10/h3-4,7,10-12,15,20H,1-2,5-6,8-9,19H2. The first-order valence-corrected chi connectivity index (χ1v) is 7.55. The van der Waals surface area contributed by atoms with Gasteiger partial charge in [-0.1, -0.05) is 6.42 Å². The van der Waals surface area contributed by atoms with E-state index < -0.39 is 5.82 Å². The molecule has 3 N–H and O–H groups in total. The van der Waals surface area contributed by atoms with Gasteiger partial charge in [0.25, 0.3) is 0 Å². The van der Waals surface area contributed by atoms with E-state index in [1.54, 1.807) is 0 Å². The van der Waals surface area contributed by atoms with Gasteiger partial charge >= 0.3 is 0 Å². The maximum Gasteiger partial charge on any atom is 0.126 e. The van der Waals surface area contributed by atoms with Crippen LogP contribution in [-0.4, -0.2) is 6.04 Å². The molecule has 0 aliphatic heterocycles. The summed E-state index contributed by atoms with van der Waals surface area (Å²) in [5.41, 5.74) is 3.21. The van der Waals surface area contributed by atoms with Crippen molar-refractivity contribution in [3.05, 3.63) is 35.4 Å². The van der Waals surface area contributed by atoms with Crippen molar-refractivity contribution in [2.75, 3.05) is 0 Å². The highest BCUT2D eigenvalue weighted by Gasteiger charge is 2.40. The van der Waals surface area contributed by atoms with E-state index in [1.807, 2.05) is 0 Å². The van der Waals surface area contributed by atoms with E-state index in [2.05, 4.69) is 5.43 Å². The number of rotatable bonds is 5. The lowest BCUT2D eigenvalue weighted by molar-refractivity contribution is 0.276. The van der Waals surface area contributed by atoms with Crippen molar-refractivity contribution in [1.82, 2.24) is 5.43 Å². The number of hydrazine groups is 1. The summed E-state index contributed by atoms with van der Waals surface area (Å²) >= 11 is 0. The fraction of sp³-hybridized carbons (Fsp3) is 0.625. The van der Waals surface area contributed by atoms with E-state index in [0.29, 0.717) is 17.9 Å². The Labute approximate surface area is 118 Å². The van der Waals surface area contributed by atoms with Gasteiger partial charge in [0.2, 0.25) is 0 Å². The third-order valence-corrected chi connectivity index (χ3v) is 5.18. The van der Waals surface area contributed by atoms with Crippen LogP contribution in [0.3, 0.4) is 0 Å². The van der Waals surface area contributed by atoms with Crippen molar-refractivity contribution in [1.29, 1.82) is 0 Å². The number of nitrogens with two attached hydrogens (primary N) is 1. The molecule has 110 valence electrons. The van der Waals surface area contributed by atoms with Gasteiger partial charge in [0, 0.05) is 6.04 Å². The number of benzene rings is 1. The fourth-order valence-corrected chi connectivity index (χ4v) is 4.21. The van der Waals surface area contributed by atoms with Gasteiger partial charge < -0.3 is 0 Å². The molecule has 4 unspecified atom stereocenters. The first-order valence-electron chi connectivity index (χ1n) is 7.55.